The van der Waals surface area contributed by atoms with E-state index in [9.17, 15) is 18.3 Å². The van der Waals surface area contributed by atoms with Crippen molar-refractivity contribution in [3.05, 3.63) is 82.5 Å². The minimum atomic E-state index is -4.04. The molecular weight excluding hydrogens is 446 g/mol. The fourth-order valence-corrected chi connectivity index (χ4v) is 5.39. The van der Waals surface area contributed by atoms with Gasteiger partial charge in [0.25, 0.3) is 10.0 Å². The third-order valence-electron chi connectivity index (χ3n) is 4.66. The molecule has 4 rings (SSSR count). The van der Waals surface area contributed by atoms with Gasteiger partial charge in [0.15, 0.2) is 0 Å². The molecule has 0 amide bonds. The Hall–Kier alpha value is -3.45. The lowest BCUT2D eigenvalue weighted by atomic mass is 10.1. The summed E-state index contributed by atoms with van der Waals surface area (Å²) in [5.41, 5.74) is 3.39. The first-order chi connectivity index (χ1) is 15.3. The van der Waals surface area contributed by atoms with Crippen LogP contribution >= 0.6 is 11.3 Å². The van der Waals surface area contributed by atoms with Gasteiger partial charge in [-0.3, -0.25) is 4.79 Å². The van der Waals surface area contributed by atoms with Crippen LogP contribution in [0.2, 0.25) is 0 Å². The smallest absolute Gasteiger partial charge is 0.322 e. The molecule has 32 heavy (non-hydrogen) atoms. The Morgan fingerprint density at radius 2 is 1.88 bits per heavy atom. The van der Waals surface area contributed by atoms with Crippen molar-refractivity contribution in [3.63, 3.8) is 0 Å². The molecule has 162 valence electrons. The quantitative estimate of drug-likeness (QED) is 0.378. The number of sulfonamides is 1. The highest BCUT2D eigenvalue weighted by Gasteiger charge is 2.27. The maximum Gasteiger partial charge on any atom is 0.322 e. The molecule has 0 radical (unpaired) electrons. The highest BCUT2D eigenvalue weighted by Crippen LogP contribution is 2.22. The van der Waals surface area contributed by atoms with Crippen molar-refractivity contribution in [2.75, 3.05) is 0 Å². The number of aryl methyl sites for hydroxylation is 1. The summed E-state index contributed by atoms with van der Waals surface area (Å²) in [6, 6.07) is 16.6. The number of carboxylic acids is 1. The summed E-state index contributed by atoms with van der Waals surface area (Å²) in [7, 11) is -4.04. The van der Waals surface area contributed by atoms with Gasteiger partial charge in [-0.2, -0.15) is 4.72 Å². The third-order valence-corrected chi connectivity index (χ3v) is 7.62. The molecule has 0 aliphatic rings. The van der Waals surface area contributed by atoms with Crippen LogP contribution in [0.4, 0.5) is 0 Å². The molecule has 2 heterocycles. The van der Waals surface area contributed by atoms with E-state index in [-0.39, 0.29) is 10.6 Å². The Morgan fingerprint density at radius 1 is 1.12 bits per heavy atom. The van der Waals surface area contributed by atoms with Crippen LogP contribution in [-0.2, 0) is 21.2 Å². The molecule has 0 fully saturated rings. The van der Waals surface area contributed by atoms with Gasteiger partial charge in [-0.05, 0) is 43.3 Å². The van der Waals surface area contributed by atoms with E-state index in [2.05, 4.69) is 26.5 Å². The molecule has 9 heteroatoms. The number of hydrogen-bond donors (Lipinski definition) is 3. The van der Waals surface area contributed by atoms with Gasteiger partial charge in [-0.15, -0.1) is 11.3 Å². The Labute approximate surface area is 189 Å². The highest BCUT2D eigenvalue weighted by atomic mass is 32.2. The van der Waals surface area contributed by atoms with Gasteiger partial charge in [-0.1, -0.05) is 41.7 Å². The Kier molecular flexibility index (Phi) is 6.10. The Morgan fingerprint density at radius 3 is 2.59 bits per heavy atom. The summed E-state index contributed by atoms with van der Waals surface area (Å²) in [5, 5.41) is 9.57. The number of nitrogens with zero attached hydrogens (tertiary/aromatic N) is 1. The van der Waals surface area contributed by atoms with Crippen LogP contribution in [0.3, 0.4) is 0 Å². The number of aromatic amines is 1. The second kappa shape index (κ2) is 8.96. The molecule has 0 saturated heterocycles. The maximum atomic E-state index is 12.8. The summed E-state index contributed by atoms with van der Waals surface area (Å²) in [4.78, 5) is 19.6. The zero-order valence-electron chi connectivity index (χ0n) is 17.0. The second-order valence-electron chi connectivity index (χ2n) is 7.15. The largest absolute Gasteiger partial charge is 0.480 e. The zero-order chi connectivity index (χ0) is 22.7. The number of benzene rings is 2. The summed E-state index contributed by atoms with van der Waals surface area (Å²) >= 11 is 0.986. The fraction of sp³-hybridized carbons (Fsp3) is 0.130. The topological polar surface area (TPSA) is 112 Å². The van der Waals surface area contributed by atoms with Gasteiger partial charge in [-0.25, -0.2) is 13.4 Å². The molecule has 0 bridgehead atoms. The Balaban J connectivity index is 1.50. The predicted molar refractivity (Wildman–Crippen MR) is 123 cm³/mol. The van der Waals surface area contributed by atoms with Crippen LogP contribution in [0.25, 0.3) is 11.0 Å². The minimum absolute atomic E-state index is 0.00145. The standard InChI is InChI=1S/C23H19N3O4S2/c1-15-6-8-16(9-7-15)10-11-17-12-13-22(31-17)32(29,30)26-20(23(27)28)14-21-24-18-4-2-3-5-19(18)25-21/h2-9,12-13,20,26H,14H2,1H3,(H,24,25)(H,27,28)/t20-/m0/s1. The molecule has 0 saturated carbocycles. The predicted octanol–water partition coefficient (Wildman–Crippen LogP) is 3.31. The lowest BCUT2D eigenvalue weighted by Crippen LogP contribution is -2.42. The summed E-state index contributed by atoms with van der Waals surface area (Å²) < 4.78 is 27.9. The van der Waals surface area contributed by atoms with Crippen molar-refractivity contribution < 1.29 is 18.3 Å². The number of imidazole rings is 1. The van der Waals surface area contributed by atoms with Crippen LogP contribution in [0.5, 0.6) is 0 Å². The molecule has 2 aromatic heterocycles. The van der Waals surface area contributed by atoms with E-state index >= 15 is 0 Å². The molecule has 7 nitrogen and oxygen atoms in total. The van der Waals surface area contributed by atoms with E-state index in [0.29, 0.717) is 16.2 Å². The normalized spacial score (nSPS) is 12.3. The average molecular weight is 466 g/mol. The first kappa shape index (κ1) is 21.8. The van der Waals surface area contributed by atoms with Crippen LogP contribution in [0.1, 0.15) is 21.8 Å². The van der Waals surface area contributed by atoms with Crippen molar-refractivity contribution >= 4 is 38.4 Å². The number of hydrogen-bond acceptors (Lipinski definition) is 5. The Bertz CT molecular complexity index is 1410. The molecule has 0 unspecified atom stereocenters. The van der Waals surface area contributed by atoms with Gasteiger partial charge in [0.05, 0.1) is 15.9 Å². The monoisotopic (exact) mass is 465 g/mol. The van der Waals surface area contributed by atoms with E-state index in [1.807, 2.05) is 49.4 Å². The number of aliphatic carboxylic acids is 1. The van der Waals surface area contributed by atoms with E-state index in [1.165, 1.54) is 6.07 Å². The molecule has 0 spiro atoms. The van der Waals surface area contributed by atoms with Gasteiger partial charge in [0, 0.05) is 12.0 Å². The van der Waals surface area contributed by atoms with Gasteiger partial charge >= 0.3 is 5.97 Å². The molecule has 0 aliphatic carbocycles. The van der Waals surface area contributed by atoms with Crippen LogP contribution < -0.4 is 4.72 Å². The maximum absolute atomic E-state index is 12.8. The zero-order valence-corrected chi connectivity index (χ0v) is 18.6. The SMILES string of the molecule is Cc1ccc(C#Cc2ccc(S(=O)(=O)N[C@@H](Cc3nc4ccccc4[nH]3)C(=O)O)s2)cc1. The number of aromatic nitrogens is 2. The van der Waals surface area contributed by atoms with Gasteiger partial charge < -0.3 is 10.1 Å². The molecule has 0 aliphatic heterocycles. The highest BCUT2D eigenvalue weighted by molar-refractivity contribution is 7.91. The van der Waals surface area contributed by atoms with Crippen LogP contribution in [-0.4, -0.2) is 35.5 Å². The van der Waals surface area contributed by atoms with Gasteiger partial charge in [0.1, 0.15) is 16.1 Å². The number of nitrogens with one attached hydrogen (secondary N) is 2. The molecule has 3 N–H and O–H groups in total. The lowest BCUT2D eigenvalue weighted by molar-refractivity contribution is -0.138. The van der Waals surface area contributed by atoms with Crippen LogP contribution in [0.15, 0.2) is 64.9 Å². The number of para-hydroxylation sites is 2. The van der Waals surface area contributed by atoms with E-state index in [4.69, 9.17) is 0 Å². The summed E-state index contributed by atoms with van der Waals surface area (Å²) in [6.07, 6.45) is -0.116. The molecule has 1 atom stereocenters. The number of H-pyrrole nitrogens is 1. The second-order valence-corrected chi connectivity index (χ2v) is 10.2. The summed E-state index contributed by atoms with van der Waals surface area (Å²) in [6.45, 7) is 1.99. The number of fused-ring (bicyclic) bond motifs is 1. The number of thiophene rings is 1. The van der Waals surface area contributed by atoms with Crippen molar-refractivity contribution in [2.45, 2.75) is 23.6 Å². The van der Waals surface area contributed by atoms with Crippen molar-refractivity contribution in [3.8, 4) is 11.8 Å². The molecular formula is C23H19N3O4S2. The number of carbonyl (C=O) groups is 1. The summed E-state index contributed by atoms with van der Waals surface area (Å²) in [5.74, 6) is 5.04. The van der Waals surface area contributed by atoms with Crippen molar-refractivity contribution in [2.24, 2.45) is 0 Å². The van der Waals surface area contributed by atoms with Crippen LogP contribution in [0, 0.1) is 18.8 Å². The van der Waals surface area contributed by atoms with Gasteiger partial charge in [0.2, 0.25) is 0 Å². The first-order valence-corrected chi connectivity index (χ1v) is 12.0. The minimum Gasteiger partial charge on any atom is -0.480 e. The van der Waals surface area contributed by atoms with Crippen molar-refractivity contribution in [1.29, 1.82) is 0 Å². The molecule has 4 aromatic rings. The average Bonchev–Trinajstić information content (AvgIpc) is 3.39. The number of rotatable bonds is 6. The van der Waals surface area contributed by atoms with E-state index in [1.54, 1.807) is 12.1 Å². The molecule has 2 aromatic carbocycles. The van der Waals surface area contributed by atoms with E-state index < -0.39 is 22.0 Å². The lowest BCUT2D eigenvalue weighted by Gasteiger charge is -2.12. The van der Waals surface area contributed by atoms with Crippen molar-refractivity contribution in [1.82, 2.24) is 14.7 Å². The van der Waals surface area contributed by atoms with E-state index in [0.717, 1.165) is 28.0 Å². The fourth-order valence-electron chi connectivity index (χ4n) is 3.02. The third kappa shape index (κ3) is 5.06. The first-order valence-electron chi connectivity index (χ1n) is 9.67. The number of carboxylic acid groups (broad SMARTS) is 1.